The Labute approximate surface area is 115 Å². The quantitative estimate of drug-likeness (QED) is 0.572. The number of carbonyl (C=O) groups excluding carboxylic acids is 2. The smallest absolute Gasteiger partial charge is 0.256 e. The van der Waals surface area contributed by atoms with E-state index in [2.05, 4.69) is 0 Å². The predicted molar refractivity (Wildman–Crippen MR) is 68.8 cm³/mol. The first-order valence-corrected chi connectivity index (χ1v) is 6.06. The summed E-state index contributed by atoms with van der Waals surface area (Å²) in [5, 5.41) is -1.28. The van der Waals surface area contributed by atoms with Crippen LogP contribution in [0.5, 0.6) is 5.75 Å². The Morgan fingerprint density at radius 2 is 1.89 bits per heavy atom. The van der Waals surface area contributed by atoms with Gasteiger partial charge in [-0.25, -0.2) is 0 Å². The van der Waals surface area contributed by atoms with E-state index in [0.717, 1.165) is 0 Å². The Kier molecular flexibility index (Phi) is 6.12. The van der Waals surface area contributed by atoms with Gasteiger partial charge in [0.2, 0.25) is 0 Å². The van der Waals surface area contributed by atoms with E-state index < -0.39 is 10.5 Å². The lowest BCUT2D eigenvalue weighted by Crippen LogP contribution is -2.09. The SMILES string of the molecule is CCOCCOc1cc(C(=O)Cl)ccc1C(=O)Cl. The first kappa shape index (κ1) is 15.0. The van der Waals surface area contributed by atoms with Gasteiger partial charge in [-0.2, -0.15) is 0 Å². The summed E-state index contributed by atoms with van der Waals surface area (Å²) in [4.78, 5) is 22.2. The van der Waals surface area contributed by atoms with E-state index in [0.29, 0.717) is 13.2 Å². The zero-order valence-corrected chi connectivity index (χ0v) is 11.3. The monoisotopic (exact) mass is 290 g/mol. The molecule has 0 spiro atoms. The lowest BCUT2D eigenvalue weighted by Gasteiger charge is -2.10. The molecule has 0 unspecified atom stereocenters. The van der Waals surface area contributed by atoms with Gasteiger partial charge in [-0.05, 0) is 48.3 Å². The van der Waals surface area contributed by atoms with Crippen LogP contribution in [0.2, 0.25) is 0 Å². The number of carbonyl (C=O) groups is 2. The van der Waals surface area contributed by atoms with Crippen molar-refractivity contribution in [1.82, 2.24) is 0 Å². The van der Waals surface area contributed by atoms with Crippen LogP contribution >= 0.6 is 23.2 Å². The summed E-state index contributed by atoms with van der Waals surface area (Å²) in [6, 6.07) is 4.21. The summed E-state index contributed by atoms with van der Waals surface area (Å²) in [6.07, 6.45) is 0. The number of benzene rings is 1. The van der Waals surface area contributed by atoms with E-state index >= 15 is 0 Å². The minimum atomic E-state index is -0.657. The molecule has 0 fully saturated rings. The first-order chi connectivity index (χ1) is 8.56. The second kappa shape index (κ2) is 7.36. The molecule has 6 heteroatoms. The van der Waals surface area contributed by atoms with Gasteiger partial charge in [0.1, 0.15) is 12.4 Å². The molecule has 18 heavy (non-hydrogen) atoms. The maximum absolute atomic E-state index is 11.2. The molecule has 0 radical (unpaired) electrons. The third-order valence-corrected chi connectivity index (χ3v) is 2.53. The Bertz CT molecular complexity index is 446. The molecule has 1 aromatic carbocycles. The van der Waals surface area contributed by atoms with E-state index in [-0.39, 0.29) is 23.5 Å². The van der Waals surface area contributed by atoms with Gasteiger partial charge in [-0.1, -0.05) is 0 Å². The highest BCUT2D eigenvalue weighted by atomic mass is 35.5. The van der Waals surface area contributed by atoms with E-state index in [1.807, 2.05) is 6.92 Å². The molecular formula is C12H12Cl2O4. The lowest BCUT2D eigenvalue weighted by molar-refractivity contribution is 0.103. The van der Waals surface area contributed by atoms with Crippen LogP contribution in [0, 0.1) is 0 Å². The molecule has 0 aliphatic rings. The van der Waals surface area contributed by atoms with Gasteiger partial charge < -0.3 is 9.47 Å². The number of rotatable bonds is 7. The molecular weight excluding hydrogens is 279 g/mol. The van der Waals surface area contributed by atoms with Crippen molar-refractivity contribution < 1.29 is 19.1 Å². The molecule has 0 heterocycles. The molecule has 0 amide bonds. The Hall–Kier alpha value is -1.10. The van der Waals surface area contributed by atoms with Gasteiger partial charge in [0.05, 0.1) is 12.2 Å². The molecule has 98 valence electrons. The number of halogens is 2. The second-order valence-electron chi connectivity index (χ2n) is 3.30. The van der Waals surface area contributed by atoms with Crippen molar-refractivity contribution in [2.45, 2.75) is 6.92 Å². The molecule has 0 aliphatic carbocycles. The standard InChI is InChI=1S/C12H12Cl2O4/c1-2-17-5-6-18-10-7-8(11(13)15)3-4-9(10)12(14)16/h3-4,7H,2,5-6H2,1H3. The molecule has 0 N–H and O–H groups in total. The van der Waals surface area contributed by atoms with Crippen molar-refractivity contribution in [2.24, 2.45) is 0 Å². The van der Waals surface area contributed by atoms with Crippen molar-refractivity contribution in [3.63, 3.8) is 0 Å². The van der Waals surface area contributed by atoms with E-state index in [1.165, 1.54) is 18.2 Å². The van der Waals surface area contributed by atoms with Crippen LogP contribution < -0.4 is 4.74 Å². The highest BCUT2D eigenvalue weighted by Gasteiger charge is 2.13. The molecule has 1 aromatic rings. The summed E-state index contributed by atoms with van der Waals surface area (Å²) in [5.41, 5.74) is 0.430. The van der Waals surface area contributed by atoms with Gasteiger partial charge in [0, 0.05) is 12.2 Å². The molecule has 4 nitrogen and oxygen atoms in total. The van der Waals surface area contributed by atoms with Crippen LogP contribution in [0.1, 0.15) is 27.6 Å². The minimum absolute atomic E-state index is 0.190. The van der Waals surface area contributed by atoms with Gasteiger partial charge in [0.15, 0.2) is 0 Å². The van der Waals surface area contributed by atoms with Crippen molar-refractivity contribution in [2.75, 3.05) is 19.8 Å². The van der Waals surface area contributed by atoms with Gasteiger partial charge in [-0.3, -0.25) is 9.59 Å². The molecule has 0 bridgehead atoms. The number of ether oxygens (including phenoxy) is 2. The molecule has 0 atom stereocenters. The van der Waals surface area contributed by atoms with Gasteiger partial charge >= 0.3 is 0 Å². The fourth-order valence-electron chi connectivity index (χ4n) is 1.28. The van der Waals surface area contributed by atoms with Crippen molar-refractivity contribution >= 4 is 33.7 Å². The zero-order chi connectivity index (χ0) is 13.5. The minimum Gasteiger partial charge on any atom is -0.490 e. The zero-order valence-electron chi connectivity index (χ0n) is 9.74. The number of hydrogen-bond acceptors (Lipinski definition) is 4. The predicted octanol–water partition coefficient (Wildman–Crippen LogP) is 2.86. The van der Waals surface area contributed by atoms with Crippen LogP contribution in [0.15, 0.2) is 18.2 Å². The molecule has 0 saturated carbocycles. The summed E-state index contributed by atoms with van der Waals surface area (Å²) < 4.78 is 10.4. The summed E-state index contributed by atoms with van der Waals surface area (Å²) in [5.74, 6) is 0.223. The van der Waals surface area contributed by atoms with E-state index in [1.54, 1.807) is 0 Å². The lowest BCUT2D eigenvalue weighted by atomic mass is 10.1. The highest BCUT2D eigenvalue weighted by Crippen LogP contribution is 2.23. The van der Waals surface area contributed by atoms with E-state index in [9.17, 15) is 9.59 Å². The average Bonchev–Trinajstić information content (AvgIpc) is 2.34. The van der Waals surface area contributed by atoms with Gasteiger partial charge in [-0.15, -0.1) is 0 Å². The van der Waals surface area contributed by atoms with E-state index in [4.69, 9.17) is 32.7 Å². The molecule has 0 aliphatic heterocycles. The van der Waals surface area contributed by atoms with Crippen LogP contribution in [0.3, 0.4) is 0 Å². The Morgan fingerprint density at radius 3 is 2.44 bits per heavy atom. The van der Waals surface area contributed by atoms with Crippen molar-refractivity contribution in [3.8, 4) is 5.75 Å². The largest absolute Gasteiger partial charge is 0.490 e. The maximum atomic E-state index is 11.2. The summed E-state index contributed by atoms with van der Waals surface area (Å²) in [7, 11) is 0. The Morgan fingerprint density at radius 1 is 1.17 bits per heavy atom. The molecule has 1 rings (SSSR count). The van der Waals surface area contributed by atoms with Crippen LogP contribution in [0.25, 0.3) is 0 Å². The third kappa shape index (κ3) is 4.29. The maximum Gasteiger partial charge on any atom is 0.256 e. The summed E-state index contributed by atoms with van der Waals surface area (Å²) >= 11 is 10.8. The first-order valence-electron chi connectivity index (χ1n) is 5.30. The fraction of sp³-hybridized carbons (Fsp3) is 0.333. The van der Waals surface area contributed by atoms with Crippen molar-refractivity contribution in [1.29, 1.82) is 0 Å². The van der Waals surface area contributed by atoms with Crippen LogP contribution in [-0.2, 0) is 4.74 Å². The third-order valence-electron chi connectivity index (χ3n) is 2.11. The Balaban J connectivity index is 2.86. The van der Waals surface area contributed by atoms with Crippen LogP contribution in [0.4, 0.5) is 0 Å². The normalized spacial score (nSPS) is 10.2. The topological polar surface area (TPSA) is 52.6 Å². The number of hydrogen-bond donors (Lipinski definition) is 0. The average molecular weight is 291 g/mol. The fourth-order valence-corrected chi connectivity index (χ4v) is 1.55. The highest BCUT2D eigenvalue weighted by molar-refractivity contribution is 6.68. The van der Waals surface area contributed by atoms with Crippen molar-refractivity contribution in [3.05, 3.63) is 29.3 Å². The summed E-state index contributed by atoms with van der Waals surface area (Å²) in [6.45, 7) is 3.07. The molecule has 0 aromatic heterocycles. The van der Waals surface area contributed by atoms with Gasteiger partial charge in [0.25, 0.3) is 10.5 Å². The second-order valence-corrected chi connectivity index (χ2v) is 3.99. The molecule has 0 saturated heterocycles. The van der Waals surface area contributed by atoms with Crippen LogP contribution in [-0.4, -0.2) is 30.3 Å².